The van der Waals surface area contributed by atoms with Crippen molar-refractivity contribution >= 4 is 9.84 Å². The van der Waals surface area contributed by atoms with Crippen LogP contribution >= 0.6 is 0 Å². The maximum atomic E-state index is 12.1. The first-order chi connectivity index (χ1) is 9.77. The monoisotopic (exact) mass is 309 g/mol. The minimum absolute atomic E-state index is 0.187. The average Bonchev–Trinajstić information content (AvgIpc) is 2.33. The van der Waals surface area contributed by atoms with Crippen molar-refractivity contribution in [3.8, 4) is 0 Å². The minimum Gasteiger partial charge on any atom is -0.309 e. The van der Waals surface area contributed by atoms with Gasteiger partial charge >= 0.3 is 0 Å². The van der Waals surface area contributed by atoms with Crippen LogP contribution in [0.3, 0.4) is 0 Å². The van der Waals surface area contributed by atoms with Gasteiger partial charge in [-0.2, -0.15) is 0 Å². The molecule has 0 spiro atoms. The molecule has 1 unspecified atom stereocenters. The zero-order valence-corrected chi connectivity index (χ0v) is 14.3. The molecule has 0 aromatic heterocycles. The van der Waals surface area contributed by atoms with E-state index in [9.17, 15) is 8.42 Å². The molecule has 1 aliphatic rings. The van der Waals surface area contributed by atoms with Crippen molar-refractivity contribution in [1.82, 2.24) is 5.32 Å². The first kappa shape index (κ1) is 16.5. The second-order valence-electron chi connectivity index (χ2n) is 6.66. The van der Waals surface area contributed by atoms with E-state index in [0.717, 1.165) is 12.1 Å². The van der Waals surface area contributed by atoms with Gasteiger partial charge in [-0.3, -0.25) is 0 Å². The second kappa shape index (κ2) is 6.09. The van der Waals surface area contributed by atoms with E-state index in [-0.39, 0.29) is 6.04 Å². The minimum atomic E-state index is -3.15. The van der Waals surface area contributed by atoms with E-state index in [2.05, 4.69) is 29.6 Å². The SMILES string of the molecule is CCNC(c1ccc(C2CCC2)cc1)C(C)(C)S(C)(=O)=O. The van der Waals surface area contributed by atoms with E-state index < -0.39 is 14.6 Å². The lowest BCUT2D eigenvalue weighted by Crippen LogP contribution is -2.45. The molecule has 2 rings (SSSR count). The third-order valence-corrected chi connectivity index (χ3v) is 7.05. The van der Waals surface area contributed by atoms with Crippen molar-refractivity contribution in [2.45, 2.75) is 56.7 Å². The van der Waals surface area contributed by atoms with Crippen LogP contribution in [0.5, 0.6) is 0 Å². The molecule has 118 valence electrons. The molecule has 1 aliphatic carbocycles. The van der Waals surface area contributed by atoms with E-state index in [1.165, 1.54) is 31.1 Å². The summed E-state index contributed by atoms with van der Waals surface area (Å²) in [5.74, 6) is 0.708. The summed E-state index contributed by atoms with van der Waals surface area (Å²) in [5.41, 5.74) is 2.44. The van der Waals surface area contributed by atoms with Crippen molar-refractivity contribution in [3.05, 3.63) is 35.4 Å². The van der Waals surface area contributed by atoms with Crippen LogP contribution in [0.2, 0.25) is 0 Å². The molecular formula is C17H27NO2S. The third-order valence-electron chi connectivity index (χ3n) is 4.91. The number of hydrogen-bond acceptors (Lipinski definition) is 3. The quantitative estimate of drug-likeness (QED) is 0.875. The molecule has 0 radical (unpaired) electrons. The zero-order valence-electron chi connectivity index (χ0n) is 13.5. The van der Waals surface area contributed by atoms with Crippen molar-refractivity contribution in [2.24, 2.45) is 0 Å². The number of benzene rings is 1. The van der Waals surface area contributed by atoms with Gasteiger partial charge in [0.05, 0.1) is 10.8 Å². The molecule has 4 heteroatoms. The maximum absolute atomic E-state index is 12.1. The highest BCUT2D eigenvalue weighted by molar-refractivity contribution is 7.92. The Morgan fingerprint density at radius 1 is 1.24 bits per heavy atom. The topological polar surface area (TPSA) is 46.2 Å². The molecule has 1 aromatic carbocycles. The van der Waals surface area contributed by atoms with Crippen molar-refractivity contribution in [1.29, 1.82) is 0 Å². The highest BCUT2D eigenvalue weighted by Gasteiger charge is 2.39. The fourth-order valence-corrected chi connectivity index (χ4v) is 3.53. The Labute approximate surface area is 129 Å². The Kier molecular flexibility index (Phi) is 4.79. The predicted octanol–water partition coefficient (Wildman–Crippen LogP) is 3.43. The molecule has 0 heterocycles. The van der Waals surface area contributed by atoms with Gasteiger partial charge in [0.1, 0.15) is 0 Å². The first-order valence-electron chi connectivity index (χ1n) is 7.80. The van der Waals surface area contributed by atoms with Gasteiger partial charge < -0.3 is 5.32 Å². The van der Waals surface area contributed by atoms with Gasteiger partial charge in [0.25, 0.3) is 0 Å². The Hall–Kier alpha value is -0.870. The summed E-state index contributed by atoms with van der Waals surface area (Å²) >= 11 is 0. The molecule has 1 aromatic rings. The van der Waals surface area contributed by atoms with Crippen LogP contribution in [0.15, 0.2) is 24.3 Å². The van der Waals surface area contributed by atoms with Crippen molar-refractivity contribution in [3.63, 3.8) is 0 Å². The number of sulfone groups is 1. The number of hydrogen-bond donors (Lipinski definition) is 1. The predicted molar refractivity (Wildman–Crippen MR) is 88.4 cm³/mol. The van der Waals surface area contributed by atoms with E-state index in [1.54, 1.807) is 13.8 Å². The highest BCUT2D eigenvalue weighted by Crippen LogP contribution is 2.38. The lowest BCUT2D eigenvalue weighted by Gasteiger charge is -2.34. The maximum Gasteiger partial charge on any atom is 0.154 e. The number of nitrogens with one attached hydrogen (secondary N) is 1. The lowest BCUT2D eigenvalue weighted by molar-refractivity contribution is 0.417. The molecule has 21 heavy (non-hydrogen) atoms. The third kappa shape index (κ3) is 3.32. The van der Waals surface area contributed by atoms with E-state index in [0.29, 0.717) is 5.92 Å². The molecular weight excluding hydrogens is 282 g/mol. The fraction of sp³-hybridized carbons (Fsp3) is 0.647. The van der Waals surface area contributed by atoms with Gasteiger partial charge in [-0.25, -0.2) is 8.42 Å². The van der Waals surface area contributed by atoms with Gasteiger partial charge in [0.2, 0.25) is 0 Å². The summed E-state index contributed by atoms with van der Waals surface area (Å²) in [6, 6.07) is 8.33. The Morgan fingerprint density at radius 3 is 2.19 bits per heavy atom. The Bertz CT molecular complexity index is 571. The zero-order chi connectivity index (χ0) is 15.7. The molecule has 0 bridgehead atoms. The van der Waals surface area contributed by atoms with Gasteiger partial charge in [-0.05, 0) is 50.3 Å². The van der Waals surface area contributed by atoms with Crippen LogP contribution in [-0.4, -0.2) is 26.0 Å². The van der Waals surface area contributed by atoms with Gasteiger partial charge in [-0.15, -0.1) is 0 Å². The van der Waals surface area contributed by atoms with Crippen molar-refractivity contribution < 1.29 is 8.42 Å². The van der Waals surface area contributed by atoms with E-state index in [4.69, 9.17) is 0 Å². The first-order valence-corrected chi connectivity index (χ1v) is 9.69. The summed E-state index contributed by atoms with van der Waals surface area (Å²) in [6.45, 7) is 6.35. The molecule has 0 aliphatic heterocycles. The van der Waals surface area contributed by atoms with Crippen molar-refractivity contribution in [2.75, 3.05) is 12.8 Å². The smallest absolute Gasteiger partial charge is 0.154 e. The molecule has 0 saturated heterocycles. The summed E-state index contributed by atoms with van der Waals surface area (Å²) < 4.78 is 23.4. The van der Waals surface area contributed by atoms with Crippen LogP contribution < -0.4 is 5.32 Å². The summed E-state index contributed by atoms with van der Waals surface area (Å²) in [5, 5.41) is 3.34. The Morgan fingerprint density at radius 2 is 1.81 bits per heavy atom. The van der Waals surface area contributed by atoms with Crippen LogP contribution in [0.4, 0.5) is 0 Å². The molecule has 3 nitrogen and oxygen atoms in total. The molecule has 1 fully saturated rings. The van der Waals surface area contributed by atoms with E-state index in [1.807, 2.05) is 6.92 Å². The lowest BCUT2D eigenvalue weighted by atomic mass is 9.79. The van der Waals surface area contributed by atoms with Crippen LogP contribution in [0.25, 0.3) is 0 Å². The molecule has 1 N–H and O–H groups in total. The highest BCUT2D eigenvalue weighted by atomic mass is 32.2. The molecule has 0 amide bonds. The fourth-order valence-electron chi connectivity index (χ4n) is 2.89. The van der Waals surface area contributed by atoms with Crippen LogP contribution in [0, 0.1) is 0 Å². The normalized spacial score (nSPS) is 18.3. The molecule has 1 saturated carbocycles. The Balaban J connectivity index is 2.29. The second-order valence-corrected chi connectivity index (χ2v) is 9.26. The van der Waals surface area contributed by atoms with E-state index >= 15 is 0 Å². The van der Waals surface area contributed by atoms with Gasteiger partial charge in [0, 0.05) is 6.26 Å². The largest absolute Gasteiger partial charge is 0.309 e. The summed E-state index contributed by atoms with van der Waals surface area (Å²) in [7, 11) is -3.15. The molecule has 1 atom stereocenters. The summed E-state index contributed by atoms with van der Waals surface area (Å²) in [6.07, 6.45) is 5.21. The van der Waals surface area contributed by atoms with Crippen LogP contribution in [-0.2, 0) is 9.84 Å². The van der Waals surface area contributed by atoms with Crippen LogP contribution in [0.1, 0.15) is 63.1 Å². The number of rotatable bonds is 6. The van der Waals surface area contributed by atoms with Gasteiger partial charge in [0.15, 0.2) is 9.84 Å². The standard InChI is InChI=1S/C17H27NO2S/c1-5-18-16(17(2,3)21(4,19)20)15-11-9-14(10-12-15)13-7-6-8-13/h9-13,16,18H,5-8H2,1-4H3. The van der Waals surface area contributed by atoms with Gasteiger partial charge in [-0.1, -0.05) is 37.6 Å². The average molecular weight is 309 g/mol. The summed E-state index contributed by atoms with van der Waals surface area (Å²) in [4.78, 5) is 0.